The summed E-state index contributed by atoms with van der Waals surface area (Å²) in [6.45, 7) is 4.04. The predicted octanol–water partition coefficient (Wildman–Crippen LogP) is 1.05. The lowest BCUT2D eigenvalue weighted by atomic mass is 9.98. The monoisotopic (exact) mass is 143 g/mol. The van der Waals surface area contributed by atoms with Gasteiger partial charge in [0.25, 0.3) is 0 Å². The molecule has 1 atom stereocenters. The Morgan fingerprint density at radius 1 is 1.50 bits per heavy atom. The molecule has 0 radical (unpaired) electrons. The van der Waals surface area contributed by atoms with E-state index in [4.69, 9.17) is 10.8 Å². The molecule has 0 aromatic carbocycles. The average molecular weight is 143 g/mol. The van der Waals surface area contributed by atoms with Crippen LogP contribution in [0, 0.1) is 0 Å². The Morgan fingerprint density at radius 2 is 2.10 bits per heavy atom. The SMILES string of the molecule is CCC=C[C@](N)(CC)CO. The molecule has 0 aromatic rings. The van der Waals surface area contributed by atoms with E-state index < -0.39 is 5.54 Å². The fourth-order valence-corrected chi connectivity index (χ4v) is 0.635. The summed E-state index contributed by atoms with van der Waals surface area (Å²) >= 11 is 0. The van der Waals surface area contributed by atoms with E-state index in [0.29, 0.717) is 0 Å². The summed E-state index contributed by atoms with van der Waals surface area (Å²) in [5, 5.41) is 8.84. The van der Waals surface area contributed by atoms with Crippen LogP contribution < -0.4 is 5.73 Å². The van der Waals surface area contributed by atoms with E-state index in [9.17, 15) is 0 Å². The van der Waals surface area contributed by atoms with Gasteiger partial charge in [-0.2, -0.15) is 0 Å². The normalized spacial score (nSPS) is 17.6. The minimum Gasteiger partial charge on any atom is -0.394 e. The summed E-state index contributed by atoms with van der Waals surface area (Å²) in [4.78, 5) is 0. The zero-order valence-corrected chi connectivity index (χ0v) is 6.80. The summed E-state index contributed by atoms with van der Waals surface area (Å²) in [5.74, 6) is 0. The lowest BCUT2D eigenvalue weighted by Crippen LogP contribution is -2.40. The van der Waals surface area contributed by atoms with Crippen LogP contribution in [0.4, 0.5) is 0 Å². The van der Waals surface area contributed by atoms with Crippen LogP contribution in [0.25, 0.3) is 0 Å². The smallest absolute Gasteiger partial charge is 0.0647 e. The lowest BCUT2D eigenvalue weighted by molar-refractivity contribution is 0.223. The van der Waals surface area contributed by atoms with E-state index >= 15 is 0 Å². The number of allylic oxidation sites excluding steroid dienone is 1. The van der Waals surface area contributed by atoms with Crippen LogP contribution in [0.5, 0.6) is 0 Å². The highest BCUT2D eigenvalue weighted by Crippen LogP contribution is 2.06. The van der Waals surface area contributed by atoms with Crippen LogP contribution in [0.15, 0.2) is 12.2 Å². The number of hydrogen-bond acceptors (Lipinski definition) is 2. The number of aliphatic hydroxyl groups excluding tert-OH is 1. The number of hydrogen-bond donors (Lipinski definition) is 2. The van der Waals surface area contributed by atoms with Gasteiger partial charge in [0.15, 0.2) is 0 Å². The quantitative estimate of drug-likeness (QED) is 0.578. The van der Waals surface area contributed by atoms with Crippen molar-refractivity contribution in [2.45, 2.75) is 32.2 Å². The highest BCUT2D eigenvalue weighted by molar-refractivity contribution is 5.03. The Hall–Kier alpha value is -0.340. The van der Waals surface area contributed by atoms with Crippen LogP contribution in [0.2, 0.25) is 0 Å². The largest absolute Gasteiger partial charge is 0.394 e. The molecule has 0 spiro atoms. The van der Waals surface area contributed by atoms with Gasteiger partial charge in [-0.3, -0.25) is 0 Å². The molecular weight excluding hydrogens is 126 g/mol. The van der Waals surface area contributed by atoms with Crippen LogP contribution in [0.1, 0.15) is 26.7 Å². The molecule has 3 N–H and O–H groups in total. The second-order valence-electron chi connectivity index (χ2n) is 2.56. The van der Waals surface area contributed by atoms with Gasteiger partial charge in [-0.25, -0.2) is 0 Å². The van der Waals surface area contributed by atoms with Crippen molar-refractivity contribution in [2.75, 3.05) is 6.61 Å². The maximum absolute atomic E-state index is 8.84. The standard InChI is InChI=1S/C8H17NO/c1-3-5-6-8(9,4-2)7-10/h5-6,10H,3-4,7,9H2,1-2H3/t8-/m1/s1. The summed E-state index contributed by atoms with van der Waals surface area (Å²) in [7, 11) is 0. The fraction of sp³-hybridized carbons (Fsp3) is 0.750. The third-order valence-electron chi connectivity index (χ3n) is 1.64. The first-order chi connectivity index (χ1) is 4.68. The first-order valence-electron chi connectivity index (χ1n) is 3.76. The Bertz CT molecular complexity index is 106. The summed E-state index contributed by atoms with van der Waals surface area (Å²) in [6, 6.07) is 0. The molecular formula is C8H17NO. The number of rotatable bonds is 4. The van der Waals surface area contributed by atoms with Crippen molar-refractivity contribution in [3.63, 3.8) is 0 Å². The maximum Gasteiger partial charge on any atom is 0.0647 e. The van der Waals surface area contributed by atoms with Crippen molar-refractivity contribution in [3.05, 3.63) is 12.2 Å². The molecule has 2 nitrogen and oxygen atoms in total. The summed E-state index contributed by atoms with van der Waals surface area (Å²) < 4.78 is 0. The van der Waals surface area contributed by atoms with Gasteiger partial charge in [-0.15, -0.1) is 0 Å². The van der Waals surface area contributed by atoms with Crippen molar-refractivity contribution >= 4 is 0 Å². The van der Waals surface area contributed by atoms with Gasteiger partial charge in [0.05, 0.1) is 12.1 Å². The Morgan fingerprint density at radius 3 is 2.40 bits per heavy atom. The van der Waals surface area contributed by atoms with Gasteiger partial charge in [0.2, 0.25) is 0 Å². The fourth-order valence-electron chi connectivity index (χ4n) is 0.635. The van der Waals surface area contributed by atoms with E-state index in [1.165, 1.54) is 0 Å². The molecule has 0 bridgehead atoms. The van der Waals surface area contributed by atoms with Crippen LogP contribution in [-0.4, -0.2) is 17.3 Å². The van der Waals surface area contributed by atoms with Crippen molar-refractivity contribution in [1.82, 2.24) is 0 Å². The molecule has 0 saturated heterocycles. The molecule has 0 aliphatic carbocycles. The minimum absolute atomic E-state index is 0.0278. The van der Waals surface area contributed by atoms with Crippen LogP contribution in [0.3, 0.4) is 0 Å². The van der Waals surface area contributed by atoms with Gasteiger partial charge in [-0.1, -0.05) is 26.0 Å². The molecule has 0 aliphatic rings. The van der Waals surface area contributed by atoms with E-state index in [-0.39, 0.29) is 6.61 Å². The van der Waals surface area contributed by atoms with E-state index in [0.717, 1.165) is 12.8 Å². The van der Waals surface area contributed by atoms with Gasteiger partial charge in [0, 0.05) is 0 Å². The molecule has 0 aliphatic heterocycles. The highest BCUT2D eigenvalue weighted by atomic mass is 16.3. The molecule has 0 rings (SSSR count). The summed E-state index contributed by atoms with van der Waals surface area (Å²) in [5.41, 5.74) is 5.26. The van der Waals surface area contributed by atoms with Crippen molar-refractivity contribution in [3.8, 4) is 0 Å². The zero-order chi connectivity index (χ0) is 8.04. The van der Waals surface area contributed by atoms with Crippen molar-refractivity contribution in [1.29, 1.82) is 0 Å². The molecule has 0 amide bonds. The maximum atomic E-state index is 8.84. The first-order valence-corrected chi connectivity index (χ1v) is 3.76. The Kier molecular flexibility index (Phi) is 4.32. The van der Waals surface area contributed by atoms with E-state index in [2.05, 4.69) is 0 Å². The molecule has 0 fully saturated rings. The van der Waals surface area contributed by atoms with Gasteiger partial charge < -0.3 is 10.8 Å². The van der Waals surface area contributed by atoms with Crippen LogP contribution in [-0.2, 0) is 0 Å². The predicted molar refractivity (Wildman–Crippen MR) is 43.7 cm³/mol. The third-order valence-corrected chi connectivity index (χ3v) is 1.64. The lowest BCUT2D eigenvalue weighted by Gasteiger charge is -2.20. The molecule has 2 heteroatoms. The Labute approximate surface area is 62.7 Å². The van der Waals surface area contributed by atoms with Crippen molar-refractivity contribution in [2.24, 2.45) is 5.73 Å². The van der Waals surface area contributed by atoms with Gasteiger partial charge in [0.1, 0.15) is 0 Å². The molecule has 0 heterocycles. The number of nitrogens with two attached hydrogens (primary N) is 1. The minimum atomic E-state index is -0.490. The van der Waals surface area contributed by atoms with Gasteiger partial charge in [-0.05, 0) is 12.8 Å². The van der Waals surface area contributed by atoms with Crippen molar-refractivity contribution < 1.29 is 5.11 Å². The molecule has 10 heavy (non-hydrogen) atoms. The summed E-state index contributed by atoms with van der Waals surface area (Å²) in [6.07, 6.45) is 5.62. The number of aliphatic hydroxyl groups is 1. The van der Waals surface area contributed by atoms with E-state index in [1.807, 2.05) is 26.0 Å². The second-order valence-corrected chi connectivity index (χ2v) is 2.56. The van der Waals surface area contributed by atoms with E-state index in [1.54, 1.807) is 0 Å². The highest BCUT2D eigenvalue weighted by Gasteiger charge is 2.15. The zero-order valence-electron chi connectivity index (χ0n) is 6.80. The molecule has 0 aromatic heterocycles. The van der Waals surface area contributed by atoms with Crippen LogP contribution >= 0.6 is 0 Å². The molecule has 0 saturated carbocycles. The Balaban J connectivity index is 3.92. The molecule has 60 valence electrons. The average Bonchev–Trinajstić information content (AvgIpc) is 2.00. The molecule has 0 unspecified atom stereocenters. The second kappa shape index (κ2) is 4.47. The first kappa shape index (κ1) is 9.66. The third kappa shape index (κ3) is 2.99. The topological polar surface area (TPSA) is 46.2 Å². The van der Waals surface area contributed by atoms with Gasteiger partial charge >= 0.3 is 0 Å².